The number of halogens is 1. The Hall–Kier alpha value is -3.87. The zero-order valence-corrected chi connectivity index (χ0v) is 24.4. The van der Waals surface area contributed by atoms with E-state index in [-0.39, 0.29) is 5.69 Å². The van der Waals surface area contributed by atoms with Crippen LogP contribution in [0.2, 0.25) is 0 Å². The Morgan fingerprint density at radius 3 is 2.90 bits per heavy atom. The van der Waals surface area contributed by atoms with Crippen LogP contribution in [0.1, 0.15) is 43.8 Å². The lowest BCUT2D eigenvalue weighted by atomic mass is 10.0. The van der Waals surface area contributed by atoms with Crippen LogP contribution in [0.5, 0.6) is 0 Å². The first-order chi connectivity index (χ1) is 19.9. The molecule has 3 N–H and O–H groups in total. The van der Waals surface area contributed by atoms with Crippen molar-refractivity contribution in [1.82, 2.24) is 34.1 Å². The van der Waals surface area contributed by atoms with Gasteiger partial charge in [0.1, 0.15) is 10.8 Å². The van der Waals surface area contributed by atoms with Gasteiger partial charge in [-0.15, -0.1) is 0 Å². The Bertz CT molecular complexity index is 1520. The fourth-order valence-electron chi connectivity index (χ4n) is 5.12. The third-order valence-corrected chi connectivity index (χ3v) is 7.82. The first kappa shape index (κ1) is 28.7. The highest BCUT2D eigenvalue weighted by molar-refractivity contribution is 7.10. The summed E-state index contributed by atoms with van der Waals surface area (Å²) in [5.74, 6) is 1.13. The van der Waals surface area contributed by atoms with Crippen LogP contribution in [0.4, 0.5) is 20.9 Å². The number of imidazole rings is 1. The van der Waals surface area contributed by atoms with E-state index in [0.29, 0.717) is 6.41 Å². The van der Waals surface area contributed by atoms with Gasteiger partial charge >= 0.3 is 0 Å². The van der Waals surface area contributed by atoms with Crippen molar-refractivity contribution in [1.29, 1.82) is 0 Å². The number of nitrogens with one attached hydrogen (secondary N) is 3. The van der Waals surface area contributed by atoms with Crippen molar-refractivity contribution in [3.8, 4) is 0 Å². The molecule has 5 heterocycles. The van der Waals surface area contributed by atoms with E-state index in [0.717, 1.165) is 65.6 Å². The van der Waals surface area contributed by atoms with Crippen LogP contribution in [0.15, 0.2) is 48.9 Å². The number of hydrazine groups is 1. The number of aryl methyl sites for hydroxylation is 1. The molecule has 0 spiro atoms. The summed E-state index contributed by atoms with van der Waals surface area (Å²) in [5, 5.41) is 8.80. The predicted molar refractivity (Wildman–Crippen MR) is 161 cm³/mol. The molecule has 2 aliphatic rings. The molecule has 1 atom stereocenters. The first-order valence-corrected chi connectivity index (χ1v) is 14.7. The molecule has 0 saturated carbocycles. The van der Waals surface area contributed by atoms with Crippen LogP contribution in [0, 0.1) is 18.7 Å². The van der Waals surface area contributed by atoms with Gasteiger partial charge in [-0.2, -0.15) is 4.37 Å². The third kappa shape index (κ3) is 7.07. The fourth-order valence-corrected chi connectivity index (χ4v) is 5.78. The normalized spacial score (nSPS) is 17.2. The van der Waals surface area contributed by atoms with E-state index in [2.05, 4.69) is 65.8 Å². The second kappa shape index (κ2) is 13.2. The number of carbonyl (C=O) groups excluding carboxylic acids is 1. The topological polar surface area (TPSA) is 103 Å². The highest BCUT2D eigenvalue weighted by Gasteiger charge is 2.20. The quantitative estimate of drug-likeness (QED) is 0.250. The Morgan fingerprint density at radius 1 is 1.29 bits per heavy atom. The van der Waals surface area contributed by atoms with Crippen molar-refractivity contribution in [3.63, 3.8) is 0 Å². The number of hydrogen-bond donors (Lipinski definition) is 3. The average Bonchev–Trinajstić information content (AvgIpc) is 3.70. The number of anilines is 3. The zero-order valence-electron chi connectivity index (χ0n) is 23.6. The third-order valence-electron chi connectivity index (χ3n) is 7.08. The Kier molecular flexibility index (Phi) is 9.22. The van der Waals surface area contributed by atoms with Crippen LogP contribution in [0.25, 0.3) is 11.2 Å². The van der Waals surface area contributed by atoms with Gasteiger partial charge < -0.3 is 15.6 Å². The second-order valence-corrected chi connectivity index (χ2v) is 11.2. The summed E-state index contributed by atoms with van der Waals surface area (Å²) in [4.78, 5) is 21.8. The molecule has 216 valence electrons. The molecule has 3 aromatic heterocycles. The van der Waals surface area contributed by atoms with Gasteiger partial charge in [0.15, 0.2) is 11.5 Å². The summed E-state index contributed by atoms with van der Waals surface area (Å²) in [7, 11) is 0. The van der Waals surface area contributed by atoms with Crippen LogP contribution in [-0.2, 0) is 11.3 Å². The molecule has 1 saturated heterocycles. The number of rotatable bonds is 8. The fraction of sp³-hybridized carbons (Fsp3) is 0.379. The van der Waals surface area contributed by atoms with Crippen LogP contribution in [0.3, 0.4) is 0 Å². The Labute approximate surface area is 243 Å². The number of fused-ring (bicyclic) bond motifs is 1. The molecule has 1 unspecified atom stereocenters. The summed E-state index contributed by atoms with van der Waals surface area (Å²) < 4.78 is 19.4. The number of piperidine rings is 1. The zero-order chi connectivity index (χ0) is 28.8. The van der Waals surface area contributed by atoms with Crippen molar-refractivity contribution in [2.75, 3.05) is 36.8 Å². The number of nitrogens with zero attached hydrogens (tertiary/aromatic N) is 6. The van der Waals surface area contributed by atoms with Gasteiger partial charge in [0.25, 0.3) is 0 Å². The first-order valence-electron chi connectivity index (χ1n) is 13.9. The molecule has 6 rings (SSSR count). The standard InChI is InChI=1S/C22H30N8S.C7H6FNO/c1-4-29-13-17(9-24-29)19-10-23-22-21(25-16(3)12-30(19)22)26-20-8-18(27-31-20)14-28-7-5-6-15(2)11-28;8-6-3-1-2-4-7(6)9-5-10/h8,10,12-13,15,24H,4-7,9,11,14H2,1-3H3,(H,25,26);1-5H,(H,9,10). The van der Waals surface area contributed by atoms with Crippen LogP contribution in [-0.4, -0.2) is 61.2 Å². The van der Waals surface area contributed by atoms with Gasteiger partial charge in [-0.3, -0.25) is 14.1 Å². The maximum absolute atomic E-state index is 12.6. The van der Waals surface area contributed by atoms with Crippen molar-refractivity contribution < 1.29 is 9.18 Å². The number of hydrogen-bond acceptors (Lipinski definition) is 9. The summed E-state index contributed by atoms with van der Waals surface area (Å²) in [6.07, 6.45) is 9.20. The van der Waals surface area contributed by atoms with E-state index >= 15 is 0 Å². The second-order valence-electron chi connectivity index (χ2n) is 10.4. The molecule has 2 aliphatic heterocycles. The van der Waals surface area contributed by atoms with Crippen molar-refractivity contribution in [3.05, 3.63) is 71.8 Å². The largest absolute Gasteiger partial charge is 0.328 e. The van der Waals surface area contributed by atoms with Gasteiger partial charge in [0.2, 0.25) is 6.41 Å². The molecular weight excluding hydrogens is 541 g/mol. The van der Waals surface area contributed by atoms with Crippen LogP contribution < -0.4 is 16.1 Å². The monoisotopic (exact) mass is 577 g/mol. The van der Waals surface area contributed by atoms with E-state index in [4.69, 9.17) is 4.98 Å². The van der Waals surface area contributed by atoms with E-state index in [9.17, 15) is 9.18 Å². The number of carbonyl (C=O) groups is 1. The molecule has 12 heteroatoms. The lowest BCUT2D eigenvalue weighted by Crippen LogP contribution is -2.33. The number of para-hydroxylation sites is 1. The molecule has 0 aliphatic carbocycles. The number of benzene rings is 1. The van der Waals surface area contributed by atoms with Gasteiger partial charge in [0, 0.05) is 44.1 Å². The lowest BCUT2D eigenvalue weighted by molar-refractivity contribution is -0.105. The van der Waals surface area contributed by atoms with E-state index in [1.54, 1.807) is 12.1 Å². The van der Waals surface area contributed by atoms with Gasteiger partial charge in [-0.25, -0.2) is 19.8 Å². The Balaban J connectivity index is 0.000000287. The SMILES string of the molecule is CCN1C=C(c2cnc3c(Nc4cc(CN5CCCC(C)C5)ns4)nc(C)cn23)CN1.O=CNc1ccccc1F. The smallest absolute Gasteiger partial charge is 0.211 e. The highest BCUT2D eigenvalue weighted by atomic mass is 32.1. The minimum Gasteiger partial charge on any atom is -0.328 e. The summed E-state index contributed by atoms with van der Waals surface area (Å²) >= 11 is 1.49. The lowest BCUT2D eigenvalue weighted by Gasteiger charge is -2.30. The number of aromatic nitrogens is 4. The predicted octanol–water partition coefficient (Wildman–Crippen LogP) is 5.04. The van der Waals surface area contributed by atoms with Gasteiger partial charge in [-0.05, 0) is 68.9 Å². The maximum Gasteiger partial charge on any atom is 0.211 e. The molecule has 1 aromatic carbocycles. The molecule has 10 nitrogen and oxygen atoms in total. The van der Waals surface area contributed by atoms with E-state index in [1.807, 2.05) is 19.3 Å². The van der Waals surface area contributed by atoms with Crippen LogP contribution >= 0.6 is 11.5 Å². The Morgan fingerprint density at radius 2 is 2.15 bits per heavy atom. The minimum atomic E-state index is -0.422. The van der Waals surface area contributed by atoms with Crippen molar-refractivity contribution in [2.24, 2.45) is 5.92 Å². The molecule has 41 heavy (non-hydrogen) atoms. The number of likely N-dealkylation sites (tertiary alicyclic amines) is 1. The average molecular weight is 578 g/mol. The minimum absolute atomic E-state index is 0.206. The molecule has 1 amide bonds. The van der Waals surface area contributed by atoms with E-state index < -0.39 is 5.82 Å². The van der Waals surface area contributed by atoms with Crippen molar-refractivity contribution >= 4 is 45.7 Å². The summed E-state index contributed by atoms with van der Waals surface area (Å²) in [6, 6.07) is 8.13. The molecule has 1 fully saturated rings. The summed E-state index contributed by atoms with van der Waals surface area (Å²) in [5.41, 5.74) is 8.79. The summed E-state index contributed by atoms with van der Waals surface area (Å²) in [6.45, 7) is 11.5. The molecular formula is C29H36FN9OS. The van der Waals surface area contributed by atoms with E-state index in [1.165, 1.54) is 48.6 Å². The van der Waals surface area contributed by atoms with Gasteiger partial charge in [-0.1, -0.05) is 19.1 Å². The maximum atomic E-state index is 12.6. The molecule has 0 radical (unpaired) electrons. The molecule has 0 bridgehead atoms. The highest BCUT2D eigenvalue weighted by Crippen LogP contribution is 2.28. The number of amides is 1. The van der Waals surface area contributed by atoms with Crippen molar-refractivity contribution in [2.45, 2.75) is 40.2 Å². The molecule has 4 aromatic rings. The van der Waals surface area contributed by atoms with Gasteiger partial charge in [0.05, 0.1) is 29.0 Å².